The van der Waals surface area contributed by atoms with Gasteiger partial charge in [-0.3, -0.25) is 0 Å². The van der Waals surface area contributed by atoms with Crippen molar-refractivity contribution in [1.82, 2.24) is 14.8 Å². The summed E-state index contributed by atoms with van der Waals surface area (Å²) in [7, 11) is 1.97. The van der Waals surface area contributed by atoms with E-state index >= 15 is 0 Å². The van der Waals surface area contributed by atoms with Crippen LogP contribution in [-0.4, -0.2) is 27.5 Å². The predicted molar refractivity (Wildman–Crippen MR) is 57.9 cm³/mol. The monoisotopic (exact) mass is 229 g/mol. The summed E-state index contributed by atoms with van der Waals surface area (Å²) in [4.78, 5) is 0. The Labute approximate surface area is 94.6 Å². The lowest BCUT2D eigenvalue weighted by Gasteiger charge is -2.15. The third-order valence-electron chi connectivity index (χ3n) is 3.06. The Kier molecular flexibility index (Phi) is 3.26. The predicted octanol–water partition coefficient (Wildman–Crippen LogP) is 1.84. The van der Waals surface area contributed by atoms with E-state index in [0.29, 0.717) is 11.8 Å². The molecule has 5 heteroatoms. The summed E-state index contributed by atoms with van der Waals surface area (Å²) in [6.07, 6.45) is 2.34. The van der Waals surface area contributed by atoms with Crippen molar-refractivity contribution in [3.8, 4) is 0 Å². The van der Waals surface area contributed by atoms with E-state index in [1.165, 1.54) is 0 Å². The molecule has 0 N–H and O–H groups in total. The summed E-state index contributed by atoms with van der Waals surface area (Å²) in [5.41, 5.74) is 0. The van der Waals surface area contributed by atoms with E-state index in [1.807, 2.05) is 11.6 Å². The normalized spacial score (nSPS) is 26.1. The van der Waals surface area contributed by atoms with Crippen LogP contribution in [0.2, 0.25) is 0 Å². The van der Waals surface area contributed by atoms with Gasteiger partial charge in [-0.2, -0.15) is 0 Å². The molecule has 84 valence electrons. The fourth-order valence-electron chi connectivity index (χ4n) is 2.16. The number of nitrogens with zero attached hydrogens (tertiary/aromatic N) is 3. The van der Waals surface area contributed by atoms with Gasteiger partial charge in [-0.25, -0.2) is 0 Å². The van der Waals surface area contributed by atoms with Gasteiger partial charge >= 0.3 is 0 Å². The SMILES string of the molecule is CCC1OCCC1c1nnc(CCl)n1C. The zero-order valence-corrected chi connectivity index (χ0v) is 9.87. The highest BCUT2D eigenvalue weighted by molar-refractivity contribution is 6.16. The van der Waals surface area contributed by atoms with Crippen molar-refractivity contribution >= 4 is 11.6 Å². The van der Waals surface area contributed by atoms with E-state index in [9.17, 15) is 0 Å². The van der Waals surface area contributed by atoms with Gasteiger partial charge < -0.3 is 9.30 Å². The number of ether oxygens (including phenoxy) is 1. The fourth-order valence-corrected chi connectivity index (χ4v) is 2.39. The van der Waals surface area contributed by atoms with E-state index in [4.69, 9.17) is 16.3 Å². The quantitative estimate of drug-likeness (QED) is 0.743. The maximum atomic E-state index is 5.77. The van der Waals surface area contributed by atoms with Crippen molar-refractivity contribution in [3.05, 3.63) is 11.6 Å². The number of aromatic nitrogens is 3. The minimum atomic E-state index is 0.288. The number of halogens is 1. The molecule has 1 fully saturated rings. The molecule has 0 amide bonds. The van der Waals surface area contributed by atoms with Crippen LogP contribution in [0, 0.1) is 0 Å². The minimum Gasteiger partial charge on any atom is -0.377 e. The second-order valence-electron chi connectivity index (χ2n) is 3.88. The van der Waals surface area contributed by atoms with Gasteiger partial charge in [0.05, 0.1) is 12.0 Å². The summed E-state index contributed by atoms with van der Waals surface area (Å²) in [6.45, 7) is 2.97. The molecule has 1 aromatic rings. The Balaban J connectivity index is 2.24. The van der Waals surface area contributed by atoms with Gasteiger partial charge in [-0.05, 0) is 12.8 Å². The second-order valence-corrected chi connectivity index (χ2v) is 4.15. The summed E-state index contributed by atoms with van der Waals surface area (Å²) >= 11 is 5.77. The van der Waals surface area contributed by atoms with E-state index in [1.54, 1.807) is 0 Å². The third kappa shape index (κ3) is 1.88. The smallest absolute Gasteiger partial charge is 0.147 e. The first-order valence-corrected chi connectivity index (χ1v) is 5.87. The van der Waals surface area contributed by atoms with Crippen molar-refractivity contribution in [3.63, 3.8) is 0 Å². The molecule has 2 heterocycles. The Bertz CT molecular complexity index is 339. The average Bonchev–Trinajstić information content (AvgIpc) is 2.83. The van der Waals surface area contributed by atoms with Gasteiger partial charge in [0, 0.05) is 19.6 Å². The molecule has 0 radical (unpaired) electrons. The number of rotatable bonds is 3. The molecule has 1 saturated heterocycles. The van der Waals surface area contributed by atoms with Crippen LogP contribution in [0.5, 0.6) is 0 Å². The molecule has 1 aliphatic heterocycles. The second kappa shape index (κ2) is 4.49. The standard InChI is InChI=1S/C10H16ClN3O/c1-3-8-7(4-5-15-8)10-13-12-9(6-11)14(10)2/h7-8H,3-6H2,1-2H3. The maximum Gasteiger partial charge on any atom is 0.147 e. The zero-order valence-electron chi connectivity index (χ0n) is 9.11. The Hall–Kier alpha value is -0.610. The van der Waals surface area contributed by atoms with E-state index in [-0.39, 0.29) is 6.10 Å². The van der Waals surface area contributed by atoms with E-state index < -0.39 is 0 Å². The molecule has 1 aliphatic rings. The molecule has 0 aromatic carbocycles. The maximum absolute atomic E-state index is 5.77. The molecule has 2 atom stereocenters. The van der Waals surface area contributed by atoms with Gasteiger partial charge in [0.15, 0.2) is 0 Å². The van der Waals surface area contributed by atoms with E-state index in [0.717, 1.165) is 31.1 Å². The number of hydrogen-bond acceptors (Lipinski definition) is 3. The third-order valence-corrected chi connectivity index (χ3v) is 3.30. The average molecular weight is 230 g/mol. The zero-order chi connectivity index (χ0) is 10.8. The van der Waals surface area contributed by atoms with Crippen LogP contribution in [0.15, 0.2) is 0 Å². The topological polar surface area (TPSA) is 39.9 Å². The number of alkyl halides is 1. The lowest BCUT2D eigenvalue weighted by Crippen LogP contribution is -2.17. The molecule has 0 aliphatic carbocycles. The lowest BCUT2D eigenvalue weighted by atomic mass is 9.99. The summed E-state index contributed by atoms with van der Waals surface area (Å²) < 4.78 is 7.65. The molecule has 15 heavy (non-hydrogen) atoms. The lowest BCUT2D eigenvalue weighted by molar-refractivity contribution is 0.0989. The van der Waals surface area contributed by atoms with Crippen LogP contribution >= 0.6 is 11.6 Å². The molecular weight excluding hydrogens is 214 g/mol. The molecule has 1 aromatic heterocycles. The van der Waals surface area contributed by atoms with Crippen molar-refractivity contribution in [2.75, 3.05) is 6.61 Å². The fraction of sp³-hybridized carbons (Fsp3) is 0.800. The van der Waals surface area contributed by atoms with E-state index in [2.05, 4.69) is 17.1 Å². The number of hydrogen-bond donors (Lipinski definition) is 0. The first-order valence-electron chi connectivity index (χ1n) is 5.33. The van der Waals surface area contributed by atoms with Crippen LogP contribution in [0.3, 0.4) is 0 Å². The van der Waals surface area contributed by atoms with Gasteiger partial charge in [0.25, 0.3) is 0 Å². The van der Waals surface area contributed by atoms with Crippen LogP contribution in [-0.2, 0) is 17.7 Å². The largest absolute Gasteiger partial charge is 0.377 e. The summed E-state index contributed by atoms with van der Waals surface area (Å²) in [5.74, 6) is 2.63. The van der Waals surface area contributed by atoms with Crippen molar-refractivity contribution < 1.29 is 4.74 Å². The highest BCUT2D eigenvalue weighted by Crippen LogP contribution is 2.31. The highest BCUT2D eigenvalue weighted by Gasteiger charge is 2.32. The Morgan fingerprint density at radius 2 is 2.33 bits per heavy atom. The molecule has 0 bridgehead atoms. The highest BCUT2D eigenvalue weighted by atomic mass is 35.5. The minimum absolute atomic E-state index is 0.288. The molecule has 2 unspecified atom stereocenters. The van der Waals surface area contributed by atoms with Crippen LogP contribution in [0.1, 0.15) is 37.3 Å². The summed E-state index contributed by atoms with van der Waals surface area (Å²) in [5, 5.41) is 8.29. The molecular formula is C10H16ClN3O. The van der Waals surface area contributed by atoms with Gasteiger partial charge in [-0.1, -0.05) is 6.92 Å². The molecule has 2 rings (SSSR count). The van der Waals surface area contributed by atoms with Crippen molar-refractivity contribution in [1.29, 1.82) is 0 Å². The van der Waals surface area contributed by atoms with Gasteiger partial charge in [0.2, 0.25) is 0 Å². The summed E-state index contributed by atoms with van der Waals surface area (Å²) in [6, 6.07) is 0. The van der Waals surface area contributed by atoms with Crippen molar-refractivity contribution in [2.24, 2.45) is 7.05 Å². The molecule has 0 saturated carbocycles. The van der Waals surface area contributed by atoms with Crippen LogP contribution in [0.4, 0.5) is 0 Å². The first kappa shape index (κ1) is 10.9. The Morgan fingerprint density at radius 1 is 1.53 bits per heavy atom. The molecule has 0 spiro atoms. The van der Waals surface area contributed by atoms with Gasteiger partial charge in [0.1, 0.15) is 11.6 Å². The molecule has 4 nitrogen and oxygen atoms in total. The van der Waals surface area contributed by atoms with Gasteiger partial charge in [-0.15, -0.1) is 21.8 Å². The Morgan fingerprint density at radius 3 is 2.93 bits per heavy atom. The van der Waals surface area contributed by atoms with Crippen molar-refractivity contribution in [2.45, 2.75) is 37.7 Å². The first-order chi connectivity index (χ1) is 7.27. The van der Waals surface area contributed by atoms with Crippen LogP contribution in [0.25, 0.3) is 0 Å². The van der Waals surface area contributed by atoms with Crippen LogP contribution < -0.4 is 0 Å².